The Morgan fingerprint density at radius 1 is 0.762 bits per heavy atom. The normalized spacial score (nSPS) is 11.1. The summed E-state index contributed by atoms with van der Waals surface area (Å²) in [7, 11) is 0. The molecule has 102 valence electrons. The van der Waals surface area contributed by atoms with Gasteiger partial charge in [0, 0.05) is 28.9 Å². The van der Waals surface area contributed by atoms with Gasteiger partial charge in [0.05, 0.1) is 0 Å². The zero-order valence-electron chi connectivity index (χ0n) is 11.7. The van der Waals surface area contributed by atoms with E-state index in [0.29, 0.717) is 0 Å². The molecule has 0 fully saturated rings. The fourth-order valence-electron chi connectivity index (χ4n) is 2.46. The molecule has 21 heavy (non-hydrogen) atoms. The highest BCUT2D eigenvalue weighted by molar-refractivity contribution is 5.87. The van der Waals surface area contributed by atoms with Crippen LogP contribution in [0.2, 0.25) is 0 Å². The van der Waals surface area contributed by atoms with Gasteiger partial charge in [0.25, 0.3) is 0 Å². The maximum atomic E-state index is 6.10. The van der Waals surface area contributed by atoms with Gasteiger partial charge in [-0.1, -0.05) is 49.0 Å². The van der Waals surface area contributed by atoms with Crippen LogP contribution in [0.15, 0.2) is 73.1 Å². The highest BCUT2D eigenvalue weighted by Crippen LogP contribution is 2.27. The molecule has 2 aromatic carbocycles. The van der Waals surface area contributed by atoms with E-state index in [9.17, 15) is 0 Å². The summed E-state index contributed by atoms with van der Waals surface area (Å²) in [5.74, 6) is 0. The van der Waals surface area contributed by atoms with Crippen LogP contribution in [0.1, 0.15) is 5.56 Å². The fourth-order valence-corrected chi connectivity index (χ4v) is 2.46. The Hall–Kier alpha value is -2.87. The lowest BCUT2D eigenvalue weighted by atomic mass is 10.0. The van der Waals surface area contributed by atoms with E-state index in [1.807, 2.05) is 42.5 Å². The second kappa shape index (κ2) is 5.63. The predicted molar refractivity (Wildman–Crippen MR) is 87.6 cm³/mol. The quantitative estimate of drug-likeness (QED) is 0.682. The lowest BCUT2D eigenvalue weighted by Crippen LogP contribution is -2.13. The molecule has 2 N–H and O–H groups in total. The summed E-state index contributed by atoms with van der Waals surface area (Å²) < 4.78 is 0. The number of hydrogen-bond acceptors (Lipinski definition) is 2. The number of rotatable bonds is 0. The molecule has 1 aliphatic rings. The molecule has 0 atom stereocenters. The van der Waals surface area contributed by atoms with Crippen molar-refractivity contribution in [2.24, 2.45) is 5.73 Å². The summed E-state index contributed by atoms with van der Waals surface area (Å²) in [5.41, 5.74) is 10.5. The van der Waals surface area contributed by atoms with E-state index in [1.54, 1.807) is 12.4 Å². The third kappa shape index (κ3) is 2.56. The molecule has 0 amide bonds. The van der Waals surface area contributed by atoms with Crippen LogP contribution < -0.4 is 16.2 Å². The number of benzene rings is 2. The molecule has 1 aromatic heterocycles. The van der Waals surface area contributed by atoms with Crippen LogP contribution in [0.4, 0.5) is 0 Å². The van der Waals surface area contributed by atoms with E-state index < -0.39 is 0 Å². The van der Waals surface area contributed by atoms with Gasteiger partial charge < -0.3 is 5.73 Å². The van der Waals surface area contributed by atoms with Crippen molar-refractivity contribution in [3.05, 3.63) is 89.1 Å². The first-order valence-corrected chi connectivity index (χ1v) is 6.81. The van der Waals surface area contributed by atoms with Gasteiger partial charge in [-0.2, -0.15) is 0 Å². The molecule has 0 saturated heterocycles. The van der Waals surface area contributed by atoms with E-state index in [2.05, 4.69) is 29.8 Å². The molecule has 0 unspecified atom stereocenters. The molecular formula is C19H16N2. The highest BCUT2D eigenvalue weighted by atomic mass is 14.6. The van der Waals surface area contributed by atoms with Gasteiger partial charge in [0.2, 0.25) is 0 Å². The van der Waals surface area contributed by atoms with E-state index in [-0.39, 0.29) is 0 Å². The van der Waals surface area contributed by atoms with Crippen LogP contribution in [0.3, 0.4) is 0 Å². The van der Waals surface area contributed by atoms with E-state index in [4.69, 9.17) is 5.73 Å². The minimum atomic E-state index is 0.876. The molecule has 0 saturated carbocycles. The van der Waals surface area contributed by atoms with Crippen LogP contribution >= 0.6 is 0 Å². The number of aromatic nitrogens is 1. The van der Waals surface area contributed by atoms with Crippen LogP contribution in [0.5, 0.6) is 0 Å². The van der Waals surface area contributed by atoms with E-state index in [1.165, 1.54) is 11.1 Å². The predicted octanol–water partition coefficient (Wildman–Crippen LogP) is 2.27. The van der Waals surface area contributed by atoms with E-state index in [0.717, 1.165) is 21.7 Å². The largest absolute Gasteiger partial charge is 0.398 e. The summed E-state index contributed by atoms with van der Waals surface area (Å²) in [6.07, 6.45) is 3.50. The minimum Gasteiger partial charge on any atom is -0.398 e. The van der Waals surface area contributed by atoms with Gasteiger partial charge in [0.1, 0.15) is 0 Å². The van der Waals surface area contributed by atoms with Crippen molar-refractivity contribution in [1.82, 2.24) is 4.98 Å². The van der Waals surface area contributed by atoms with E-state index >= 15 is 0 Å². The van der Waals surface area contributed by atoms with Crippen molar-refractivity contribution in [2.75, 3.05) is 0 Å². The van der Waals surface area contributed by atoms with Gasteiger partial charge in [-0.15, -0.1) is 0 Å². The maximum Gasteiger partial charge on any atom is 0.0473 e. The Morgan fingerprint density at radius 3 is 2.10 bits per heavy atom. The topological polar surface area (TPSA) is 38.9 Å². The van der Waals surface area contributed by atoms with Gasteiger partial charge in [0.15, 0.2) is 0 Å². The summed E-state index contributed by atoms with van der Waals surface area (Å²) in [5, 5.41) is 2.15. The Balaban J connectivity index is 0.000000186. The summed E-state index contributed by atoms with van der Waals surface area (Å²) in [6.45, 7) is 3.95. The standard InChI is InChI=1S/C14H11N.C5H5N/c1-9-6-7-12-13(8-9)10-4-2-3-5-11(10)14(12)15;1-2-4-6-5-3-1/h2-8H,1,15H2;1-5H. The third-order valence-electron chi connectivity index (χ3n) is 3.45. The number of pyridine rings is 1. The van der Waals surface area contributed by atoms with Crippen LogP contribution in [0, 0.1) is 0 Å². The minimum absolute atomic E-state index is 0.876. The molecule has 1 aliphatic carbocycles. The molecule has 2 nitrogen and oxygen atoms in total. The van der Waals surface area contributed by atoms with Crippen molar-refractivity contribution < 1.29 is 0 Å². The average molecular weight is 272 g/mol. The lowest BCUT2D eigenvalue weighted by molar-refractivity contribution is 1.33. The van der Waals surface area contributed by atoms with Gasteiger partial charge in [-0.25, -0.2) is 0 Å². The number of hydrogen-bond donors (Lipinski definition) is 1. The summed E-state index contributed by atoms with van der Waals surface area (Å²) in [6, 6.07) is 20.1. The molecule has 0 radical (unpaired) electrons. The third-order valence-corrected chi connectivity index (χ3v) is 3.45. The van der Waals surface area contributed by atoms with Crippen molar-refractivity contribution >= 4 is 12.3 Å². The monoisotopic (exact) mass is 272 g/mol. The summed E-state index contributed by atoms with van der Waals surface area (Å²) in [4.78, 5) is 3.78. The average Bonchev–Trinajstić information content (AvgIpc) is 2.83. The van der Waals surface area contributed by atoms with Crippen molar-refractivity contribution in [1.29, 1.82) is 0 Å². The first kappa shape index (κ1) is 13.1. The zero-order valence-corrected chi connectivity index (χ0v) is 11.7. The van der Waals surface area contributed by atoms with Gasteiger partial charge >= 0.3 is 0 Å². The Morgan fingerprint density at radius 2 is 1.48 bits per heavy atom. The molecule has 0 bridgehead atoms. The molecule has 3 aromatic rings. The molecular weight excluding hydrogens is 256 g/mol. The SMILES string of the molecule is C=c1ccc2c(c1)-c1ccccc1C=2N.c1ccncc1. The maximum absolute atomic E-state index is 6.10. The fraction of sp³-hybridized carbons (Fsp3) is 0. The highest BCUT2D eigenvalue weighted by Gasteiger charge is 2.15. The smallest absolute Gasteiger partial charge is 0.0473 e. The van der Waals surface area contributed by atoms with Crippen molar-refractivity contribution in [3.8, 4) is 11.1 Å². The van der Waals surface area contributed by atoms with Crippen molar-refractivity contribution in [3.63, 3.8) is 0 Å². The molecule has 0 aliphatic heterocycles. The van der Waals surface area contributed by atoms with Crippen molar-refractivity contribution in [2.45, 2.75) is 0 Å². The van der Waals surface area contributed by atoms with Gasteiger partial charge in [-0.3, -0.25) is 4.98 Å². The first-order valence-electron chi connectivity index (χ1n) is 6.81. The Bertz CT molecular complexity index is 841. The molecule has 1 heterocycles. The number of fused-ring (bicyclic) bond motifs is 3. The lowest BCUT2D eigenvalue weighted by Gasteiger charge is -2.00. The summed E-state index contributed by atoms with van der Waals surface area (Å²) >= 11 is 0. The number of nitrogens with zero attached hydrogens (tertiary/aromatic N) is 1. The number of nitrogens with two attached hydrogens (primary N) is 1. The molecule has 2 heteroatoms. The van der Waals surface area contributed by atoms with Crippen LogP contribution in [-0.2, 0) is 0 Å². The first-order chi connectivity index (χ1) is 10.3. The van der Waals surface area contributed by atoms with Crippen LogP contribution in [-0.4, -0.2) is 4.98 Å². The second-order valence-electron chi connectivity index (χ2n) is 4.86. The van der Waals surface area contributed by atoms with Crippen LogP contribution in [0.25, 0.3) is 23.4 Å². The van der Waals surface area contributed by atoms with Gasteiger partial charge in [-0.05, 0) is 34.5 Å². The molecule has 4 rings (SSSR count). The Labute approximate surface area is 123 Å². The Kier molecular flexibility index (Phi) is 3.52. The molecule has 0 spiro atoms. The second-order valence-corrected chi connectivity index (χ2v) is 4.86. The zero-order chi connectivity index (χ0) is 14.7.